The highest BCUT2D eigenvalue weighted by molar-refractivity contribution is 6.69. The predicted octanol–water partition coefficient (Wildman–Crippen LogP) is 0.754. The van der Waals surface area contributed by atoms with Gasteiger partial charge in [0, 0.05) is 12.5 Å². The van der Waals surface area contributed by atoms with E-state index in [1.54, 1.807) is 6.92 Å². The van der Waals surface area contributed by atoms with Crippen molar-refractivity contribution in [2.24, 2.45) is 0 Å². The Hall–Kier alpha value is -1.54. The van der Waals surface area contributed by atoms with Crippen LogP contribution < -0.4 is 0 Å². The molecule has 0 fully saturated rings. The molecule has 0 saturated carbocycles. The van der Waals surface area contributed by atoms with Gasteiger partial charge in [0.1, 0.15) is 0 Å². The Morgan fingerprint density at radius 3 is 2.18 bits per heavy atom. The first kappa shape index (κ1) is 20.5. The molecule has 1 N–H and O–H groups in total. The third-order valence-corrected chi connectivity index (χ3v) is 3.97. The number of hydrogen-bond acceptors (Lipinski definition) is 6. The number of esters is 2. The largest absolute Gasteiger partial charge is 0.466 e. The van der Waals surface area contributed by atoms with Crippen LogP contribution in [0.1, 0.15) is 19.8 Å². The molecule has 0 bridgehead atoms. The molecule has 0 heterocycles. The van der Waals surface area contributed by atoms with E-state index >= 15 is 0 Å². The lowest BCUT2D eigenvalue weighted by Crippen LogP contribution is -2.52. The van der Waals surface area contributed by atoms with Gasteiger partial charge in [-0.15, -0.1) is 0 Å². The fourth-order valence-corrected chi connectivity index (χ4v) is 3.27. The number of nitrogens with zero attached hydrogens (tertiary/aromatic N) is 2. The van der Waals surface area contributed by atoms with Gasteiger partial charge < -0.3 is 24.5 Å². The molecule has 9 heteroatoms. The van der Waals surface area contributed by atoms with Gasteiger partial charge in [-0.05, 0) is 33.0 Å². The molecule has 0 saturated heterocycles. The van der Waals surface area contributed by atoms with Gasteiger partial charge in [-0.3, -0.25) is 0 Å². The Morgan fingerprint density at radius 1 is 1.27 bits per heavy atom. The molecule has 22 heavy (non-hydrogen) atoms. The van der Waals surface area contributed by atoms with Crippen LogP contribution in [0.4, 0.5) is 0 Å². The van der Waals surface area contributed by atoms with E-state index in [1.807, 2.05) is 19.6 Å². The molecule has 0 amide bonds. The number of ether oxygens (including phenoxy) is 2. The van der Waals surface area contributed by atoms with Gasteiger partial charge in [0.2, 0.25) is 0 Å². The zero-order valence-electron chi connectivity index (χ0n) is 13.9. The summed E-state index contributed by atoms with van der Waals surface area (Å²) in [6.45, 7) is 7.81. The summed E-state index contributed by atoms with van der Waals surface area (Å²) >= 11 is 0. The Morgan fingerprint density at radius 2 is 1.82 bits per heavy atom. The van der Waals surface area contributed by atoms with E-state index in [9.17, 15) is 14.7 Å². The van der Waals surface area contributed by atoms with Crippen LogP contribution in [0.2, 0.25) is 19.6 Å². The summed E-state index contributed by atoms with van der Waals surface area (Å²) in [6, 6.07) is 0. The summed E-state index contributed by atoms with van der Waals surface area (Å²) < 4.78 is 14.7. The first-order valence-electron chi connectivity index (χ1n) is 6.81. The first-order valence-corrected chi connectivity index (χ1v) is 10.2. The van der Waals surface area contributed by atoms with Crippen LogP contribution in [0.5, 0.6) is 0 Å². The Bertz CT molecular complexity index is 470. The zero-order chi connectivity index (χ0) is 17.6. The van der Waals surface area contributed by atoms with E-state index in [1.165, 1.54) is 0 Å². The highest BCUT2D eigenvalue weighted by Crippen LogP contribution is 2.21. The van der Waals surface area contributed by atoms with Gasteiger partial charge >= 0.3 is 17.7 Å². The second-order valence-electron chi connectivity index (χ2n) is 5.87. The second-order valence-corrected chi connectivity index (χ2v) is 10.3. The number of carbonyl (C=O) groups is 2. The van der Waals surface area contributed by atoms with Crippen molar-refractivity contribution >= 4 is 26.0 Å². The topological polar surface area (TPSA) is 118 Å². The first-order chi connectivity index (χ1) is 10.0. The van der Waals surface area contributed by atoms with Crippen LogP contribution >= 0.6 is 0 Å². The van der Waals surface area contributed by atoms with Crippen molar-refractivity contribution in [3.8, 4) is 0 Å². The fourth-order valence-electron chi connectivity index (χ4n) is 1.95. The van der Waals surface area contributed by atoms with E-state index in [2.05, 4.69) is 14.3 Å². The normalized spacial score (nSPS) is 15.2. The molecule has 0 aliphatic carbocycles. The van der Waals surface area contributed by atoms with Gasteiger partial charge in [-0.2, -0.15) is 4.79 Å². The predicted molar refractivity (Wildman–Crippen MR) is 80.7 cm³/mol. The third kappa shape index (κ3) is 5.68. The minimum absolute atomic E-state index is 0.209. The monoisotopic (exact) mass is 332 g/mol. The van der Waals surface area contributed by atoms with Gasteiger partial charge in [0.15, 0.2) is 8.32 Å². The van der Waals surface area contributed by atoms with E-state index in [4.69, 9.17) is 9.96 Å². The molecule has 8 nitrogen and oxygen atoms in total. The van der Waals surface area contributed by atoms with Crippen molar-refractivity contribution in [3.05, 3.63) is 5.53 Å². The lowest BCUT2D eigenvalue weighted by Gasteiger charge is -2.26. The summed E-state index contributed by atoms with van der Waals surface area (Å²) in [7, 11) is 0.316. The summed E-state index contributed by atoms with van der Waals surface area (Å²) in [6.07, 6.45) is -0.202. The Kier molecular flexibility index (Phi) is 7.61. The number of methoxy groups -OCH3 is 2. The minimum Gasteiger partial charge on any atom is -0.466 e. The molecule has 0 aliphatic rings. The lowest BCUT2D eigenvalue weighted by atomic mass is 9.90. The highest BCUT2D eigenvalue weighted by Gasteiger charge is 2.54. The van der Waals surface area contributed by atoms with Crippen LogP contribution in [0.25, 0.3) is 5.53 Å². The molecule has 0 aromatic heterocycles. The van der Waals surface area contributed by atoms with Crippen LogP contribution in [-0.2, 0) is 23.5 Å². The standard InChI is InChI=1S/C13H24N2O6Si/c1-9(21-22(4,5)6)7-8-13(18,12(17)20-3)10(15-14)11(16)19-2/h9,18H,7-8H2,1-6H3. The van der Waals surface area contributed by atoms with Crippen molar-refractivity contribution in [2.45, 2.75) is 51.1 Å². The van der Waals surface area contributed by atoms with E-state index in [0.29, 0.717) is 0 Å². The van der Waals surface area contributed by atoms with Crippen molar-refractivity contribution in [3.63, 3.8) is 0 Å². The second kappa shape index (κ2) is 8.18. The highest BCUT2D eigenvalue weighted by atomic mass is 28.4. The minimum atomic E-state index is -2.40. The maximum Gasteiger partial charge on any atom is 0.420 e. The number of carbonyl (C=O) groups excluding carboxylic acids is 2. The van der Waals surface area contributed by atoms with E-state index in [-0.39, 0.29) is 18.9 Å². The maximum atomic E-state index is 11.8. The molecular weight excluding hydrogens is 308 g/mol. The average molecular weight is 332 g/mol. The third-order valence-electron chi connectivity index (χ3n) is 2.86. The van der Waals surface area contributed by atoms with Crippen LogP contribution in [0.15, 0.2) is 0 Å². The molecular formula is C13H24N2O6Si. The summed E-state index contributed by atoms with van der Waals surface area (Å²) in [5, 5.41) is 10.5. The smallest absolute Gasteiger partial charge is 0.420 e. The number of aliphatic hydroxyl groups is 1. The van der Waals surface area contributed by atoms with E-state index in [0.717, 1.165) is 14.2 Å². The molecule has 2 unspecified atom stereocenters. The average Bonchev–Trinajstić information content (AvgIpc) is 2.42. The molecule has 0 aromatic rings. The van der Waals surface area contributed by atoms with Crippen molar-refractivity contribution in [2.75, 3.05) is 14.2 Å². The number of rotatable bonds is 8. The van der Waals surface area contributed by atoms with Crippen molar-refractivity contribution in [1.29, 1.82) is 0 Å². The summed E-state index contributed by atoms with van der Waals surface area (Å²) in [4.78, 5) is 26.1. The van der Waals surface area contributed by atoms with Gasteiger partial charge in [-0.1, -0.05) is 0 Å². The molecule has 0 aliphatic heterocycles. The summed E-state index contributed by atoms with van der Waals surface area (Å²) in [5.41, 5.74) is 5.74. The van der Waals surface area contributed by atoms with Gasteiger partial charge in [0.25, 0.3) is 5.60 Å². The molecule has 126 valence electrons. The molecule has 2 atom stereocenters. The molecule has 0 rings (SSSR count). The van der Waals surface area contributed by atoms with Crippen LogP contribution in [0, 0.1) is 0 Å². The number of hydrogen-bond donors (Lipinski definition) is 1. The van der Waals surface area contributed by atoms with Crippen molar-refractivity contribution in [1.82, 2.24) is 0 Å². The molecule has 0 spiro atoms. The lowest BCUT2D eigenvalue weighted by molar-refractivity contribution is -0.163. The SMILES string of the molecule is COC(=O)C(=[N+]=[N-])C(O)(CCC(C)O[Si](C)(C)C)C(=O)OC. The Balaban J connectivity index is 5.27. The van der Waals surface area contributed by atoms with E-state index < -0.39 is 31.6 Å². The van der Waals surface area contributed by atoms with Gasteiger partial charge in [-0.25, -0.2) is 9.59 Å². The summed E-state index contributed by atoms with van der Waals surface area (Å²) in [5.74, 6) is -2.22. The Labute approximate surface area is 131 Å². The van der Waals surface area contributed by atoms with Crippen LogP contribution in [-0.4, -0.2) is 61.8 Å². The molecule has 0 radical (unpaired) electrons. The fraction of sp³-hybridized carbons (Fsp3) is 0.769. The zero-order valence-corrected chi connectivity index (χ0v) is 14.9. The van der Waals surface area contributed by atoms with Crippen LogP contribution in [0.3, 0.4) is 0 Å². The van der Waals surface area contributed by atoms with Gasteiger partial charge in [0.05, 0.1) is 14.2 Å². The quantitative estimate of drug-likeness (QED) is 0.230. The molecule has 0 aromatic carbocycles. The maximum absolute atomic E-state index is 11.8. The van der Waals surface area contributed by atoms with Crippen molar-refractivity contribution < 1.29 is 33.4 Å².